The van der Waals surface area contributed by atoms with E-state index >= 15 is 0 Å². The first kappa shape index (κ1) is 17.1. The van der Waals surface area contributed by atoms with Crippen molar-refractivity contribution in [1.29, 1.82) is 0 Å². The third kappa shape index (κ3) is 167. The van der Waals surface area contributed by atoms with Crippen LogP contribution in [0.1, 0.15) is 0 Å². The molecule has 0 heterocycles. The maximum absolute atomic E-state index is 9.25. The molecule has 0 amide bonds. The third-order valence-electron chi connectivity index (χ3n) is 0.349. The highest BCUT2D eigenvalue weighted by Gasteiger charge is 1.73. The van der Waals surface area contributed by atoms with Crippen molar-refractivity contribution in [3.8, 4) is 0 Å². The van der Waals surface area contributed by atoms with Crippen LogP contribution in [0, 0.1) is 0 Å². The number of rotatable bonds is 2. The smallest absolute Gasteiger partial charge is 0.327 e. The van der Waals surface area contributed by atoms with Gasteiger partial charge in [-0.1, -0.05) is 26.3 Å². The summed E-state index contributed by atoms with van der Waals surface area (Å²) in [6.07, 6.45) is 1.67. The fraction of sp³-hybridized carbons (Fsp3) is 0. The molecule has 0 aliphatic heterocycles. The molecule has 0 aromatic rings. The van der Waals surface area contributed by atoms with Crippen LogP contribution < -0.4 is 0 Å². The van der Waals surface area contributed by atoms with Crippen molar-refractivity contribution < 1.29 is 19.8 Å². The summed E-state index contributed by atoms with van der Waals surface area (Å²) in [5.74, 6) is -1.96. The summed E-state index contributed by atoms with van der Waals surface area (Å²) >= 11 is 0. The number of carboxylic acid groups (broad SMARTS) is 2. The van der Waals surface area contributed by atoms with Gasteiger partial charge in [0, 0.05) is 12.2 Å². The van der Waals surface area contributed by atoms with Crippen LogP contribution in [0.15, 0.2) is 44.2 Å². The zero-order valence-corrected chi connectivity index (χ0v) is 7.19. The minimum atomic E-state index is -0.981. The second kappa shape index (κ2) is 16.5. The quantitative estimate of drug-likeness (QED) is 0.503. The Hall–Kier alpha value is -2.06. The van der Waals surface area contributed by atoms with Crippen LogP contribution in [0.2, 0.25) is 0 Å². The van der Waals surface area contributed by atoms with Gasteiger partial charge in [0.2, 0.25) is 0 Å². The van der Waals surface area contributed by atoms with Crippen LogP contribution in [-0.2, 0) is 9.59 Å². The van der Waals surface area contributed by atoms with Gasteiger partial charge in [0.1, 0.15) is 0 Å². The zero-order chi connectivity index (χ0) is 11.3. The Balaban J connectivity index is -0.000000120. The van der Waals surface area contributed by atoms with Crippen LogP contribution in [0.25, 0.3) is 0 Å². The van der Waals surface area contributed by atoms with Gasteiger partial charge in [0.05, 0.1) is 0 Å². The van der Waals surface area contributed by atoms with E-state index in [0.29, 0.717) is 0 Å². The van der Waals surface area contributed by atoms with Crippen LogP contribution >= 0.6 is 0 Å². The van der Waals surface area contributed by atoms with E-state index in [-0.39, 0.29) is 0 Å². The molecule has 0 unspecified atom stereocenters. The fourth-order valence-electron chi connectivity index (χ4n) is 0. The second-order valence-electron chi connectivity index (χ2n) is 1.33. The molecule has 0 aliphatic carbocycles. The topological polar surface area (TPSA) is 74.6 Å². The van der Waals surface area contributed by atoms with Gasteiger partial charge in [-0.25, -0.2) is 9.59 Å². The highest BCUT2D eigenvalue weighted by atomic mass is 16.4. The second-order valence-corrected chi connectivity index (χ2v) is 1.33. The molecule has 0 saturated carbocycles. The molecule has 0 aromatic heterocycles. The predicted molar refractivity (Wildman–Crippen MR) is 50.4 cm³/mol. The summed E-state index contributed by atoms with van der Waals surface area (Å²) in [5, 5.41) is 15.2. The monoisotopic (exact) mass is 184 g/mol. The Labute approximate surface area is 76.8 Å². The maximum Gasteiger partial charge on any atom is 0.327 e. The lowest BCUT2D eigenvalue weighted by Gasteiger charge is -1.64. The van der Waals surface area contributed by atoms with E-state index in [0.717, 1.165) is 12.2 Å². The molecule has 4 heteroatoms. The summed E-state index contributed by atoms with van der Waals surface area (Å²) in [6, 6.07) is 0. The minimum absolute atomic E-state index is 0.833. The Morgan fingerprint density at radius 2 is 1.08 bits per heavy atom. The molecule has 2 N–H and O–H groups in total. The van der Waals surface area contributed by atoms with Gasteiger partial charge in [0.25, 0.3) is 0 Å². The first-order valence-electron chi connectivity index (χ1n) is 2.96. The average Bonchev–Trinajstić information content (AvgIpc) is 2.07. The Morgan fingerprint density at radius 3 is 1.08 bits per heavy atom. The van der Waals surface area contributed by atoms with Gasteiger partial charge in [-0.3, -0.25) is 0 Å². The summed E-state index contributed by atoms with van der Waals surface area (Å²) in [6.45, 7) is 12.2. The molecule has 72 valence electrons. The lowest BCUT2D eigenvalue weighted by molar-refractivity contribution is -0.132. The molecule has 0 spiro atoms. The lowest BCUT2D eigenvalue weighted by Crippen LogP contribution is -1.82. The molecule has 0 fully saturated rings. The first-order valence-corrected chi connectivity index (χ1v) is 2.96. The van der Waals surface area contributed by atoms with E-state index in [1.54, 1.807) is 0 Å². The summed E-state index contributed by atoms with van der Waals surface area (Å²) in [4.78, 5) is 18.5. The van der Waals surface area contributed by atoms with E-state index in [9.17, 15) is 9.59 Å². The Kier molecular flexibility index (Phi) is 21.8. The zero-order valence-electron chi connectivity index (χ0n) is 7.19. The van der Waals surface area contributed by atoms with Crippen molar-refractivity contribution in [3.63, 3.8) is 0 Å². The Morgan fingerprint density at radius 1 is 1.00 bits per heavy atom. The molecule has 0 bridgehead atoms. The van der Waals surface area contributed by atoms with Gasteiger partial charge in [-0.2, -0.15) is 0 Å². The SMILES string of the molecule is C=C=C.C=CC(=O)O.C=CC(=O)O. The fourth-order valence-corrected chi connectivity index (χ4v) is 0. The highest BCUT2D eigenvalue weighted by molar-refractivity contribution is 5.79. The molecule has 0 atom stereocenters. The van der Waals surface area contributed by atoms with Crippen molar-refractivity contribution in [1.82, 2.24) is 0 Å². The molecule has 0 radical (unpaired) electrons. The summed E-state index contributed by atoms with van der Waals surface area (Å²) in [5.41, 5.74) is 2.25. The standard InChI is InChI=1S/2C3H4O2.C3H4/c2*1-2-3(4)5;1-3-2/h2*2H,1H2,(H,4,5);1-2H2. The summed E-state index contributed by atoms with van der Waals surface area (Å²) < 4.78 is 0. The van der Waals surface area contributed by atoms with Crippen LogP contribution in [0.4, 0.5) is 0 Å². The van der Waals surface area contributed by atoms with E-state index in [2.05, 4.69) is 32.0 Å². The van der Waals surface area contributed by atoms with Crippen LogP contribution in [0.5, 0.6) is 0 Å². The molecule has 13 heavy (non-hydrogen) atoms. The van der Waals surface area contributed by atoms with Crippen molar-refractivity contribution in [2.24, 2.45) is 0 Å². The highest BCUT2D eigenvalue weighted by Crippen LogP contribution is 1.55. The number of carboxylic acids is 2. The van der Waals surface area contributed by atoms with Gasteiger partial charge < -0.3 is 10.2 Å². The molecular weight excluding hydrogens is 172 g/mol. The molecule has 0 saturated heterocycles. The van der Waals surface area contributed by atoms with E-state index in [4.69, 9.17) is 10.2 Å². The number of carbonyl (C=O) groups is 2. The van der Waals surface area contributed by atoms with Crippen LogP contribution in [0.3, 0.4) is 0 Å². The van der Waals surface area contributed by atoms with E-state index < -0.39 is 11.9 Å². The van der Waals surface area contributed by atoms with E-state index in [1.165, 1.54) is 0 Å². The minimum Gasteiger partial charge on any atom is -0.478 e. The largest absolute Gasteiger partial charge is 0.478 e. The van der Waals surface area contributed by atoms with Gasteiger partial charge >= 0.3 is 11.9 Å². The van der Waals surface area contributed by atoms with Gasteiger partial charge in [0.15, 0.2) is 0 Å². The lowest BCUT2D eigenvalue weighted by atomic mass is 10.7. The maximum atomic E-state index is 9.25. The van der Waals surface area contributed by atoms with E-state index in [1.807, 2.05) is 0 Å². The third-order valence-corrected chi connectivity index (χ3v) is 0.349. The molecule has 0 aliphatic rings. The van der Waals surface area contributed by atoms with Crippen molar-refractivity contribution in [2.75, 3.05) is 0 Å². The number of aliphatic carboxylic acids is 2. The van der Waals surface area contributed by atoms with Crippen molar-refractivity contribution >= 4 is 11.9 Å². The number of hydrogen-bond acceptors (Lipinski definition) is 2. The van der Waals surface area contributed by atoms with Crippen LogP contribution in [-0.4, -0.2) is 22.2 Å². The average molecular weight is 184 g/mol. The Bertz CT molecular complexity index is 192. The predicted octanol–water partition coefficient (Wildman–Crippen LogP) is 1.47. The molecule has 4 nitrogen and oxygen atoms in total. The summed E-state index contributed by atoms with van der Waals surface area (Å²) in [7, 11) is 0. The first-order chi connectivity index (χ1) is 5.95. The van der Waals surface area contributed by atoms with Gasteiger partial charge in [-0.15, -0.1) is 5.73 Å². The van der Waals surface area contributed by atoms with Gasteiger partial charge in [-0.05, 0) is 0 Å². The molecule has 0 aromatic carbocycles. The normalized spacial score (nSPS) is 5.54. The van der Waals surface area contributed by atoms with Crippen molar-refractivity contribution in [2.45, 2.75) is 0 Å². The molecular formula is C9H12O4. The number of hydrogen-bond donors (Lipinski definition) is 2. The van der Waals surface area contributed by atoms with Crippen molar-refractivity contribution in [3.05, 3.63) is 44.2 Å². The molecule has 0 rings (SSSR count).